The van der Waals surface area contributed by atoms with Gasteiger partial charge in [0, 0.05) is 41.2 Å². The van der Waals surface area contributed by atoms with Crippen molar-refractivity contribution < 1.29 is 19.1 Å². The summed E-state index contributed by atoms with van der Waals surface area (Å²) in [5.41, 5.74) is 4.62. The highest BCUT2D eigenvalue weighted by molar-refractivity contribution is 5.98. The Labute approximate surface area is 192 Å². The Morgan fingerprint density at radius 1 is 0.971 bits per heavy atom. The third kappa shape index (κ3) is 4.16. The second kappa shape index (κ2) is 8.67. The van der Waals surface area contributed by atoms with Crippen LogP contribution < -0.4 is 10.7 Å². The highest BCUT2D eigenvalue weighted by atomic mass is 16.4. The van der Waals surface area contributed by atoms with Crippen molar-refractivity contribution in [1.82, 2.24) is 15.3 Å². The summed E-state index contributed by atoms with van der Waals surface area (Å²) in [4.78, 5) is 44.1. The van der Waals surface area contributed by atoms with Gasteiger partial charge in [0.25, 0.3) is 5.91 Å². The molecule has 0 saturated carbocycles. The quantitative estimate of drug-likeness (QED) is 0.358. The van der Waals surface area contributed by atoms with Crippen molar-refractivity contribution in [2.75, 3.05) is 0 Å². The number of fused-ring (bicyclic) bond motifs is 2. The highest BCUT2D eigenvalue weighted by Gasteiger charge is 2.12. The number of rotatable bonds is 6. The molecule has 0 fully saturated rings. The Bertz CT molecular complexity index is 1600. The number of hydrogen-bond donors (Lipinski definition) is 3. The zero-order chi connectivity index (χ0) is 23.7. The van der Waals surface area contributed by atoms with Gasteiger partial charge >= 0.3 is 5.97 Å². The predicted molar refractivity (Wildman–Crippen MR) is 126 cm³/mol. The lowest BCUT2D eigenvalue weighted by Crippen LogP contribution is -2.23. The number of aromatic amines is 1. The van der Waals surface area contributed by atoms with Crippen molar-refractivity contribution in [2.45, 2.75) is 13.0 Å². The van der Waals surface area contributed by atoms with Crippen molar-refractivity contribution in [3.05, 3.63) is 111 Å². The first-order valence-electron chi connectivity index (χ1n) is 10.5. The summed E-state index contributed by atoms with van der Waals surface area (Å²) >= 11 is 0. The molecular weight excluding hydrogens is 434 g/mol. The van der Waals surface area contributed by atoms with Gasteiger partial charge in [-0.2, -0.15) is 0 Å². The van der Waals surface area contributed by atoms with Gasteiger partial charge in [-0.15, -0.1) is 0 Å². The first-order valence-corrected chi connectivity index (χ1v) is 10.5. The SMILES string of the molecule is O=C(O)c1ccc(Cc2c[nH]c3ccc(C(=O)NCc4ccc5ocnc5c4)cc3c2=O)cc1. The van der Waals surface area contributed by atoms with E-state index in [4.69, 9.17) is 9.52 Å². The lowest BCUT2D eigenvalue weighted by atomic mass is 10.0. The van der Waals surface area contributed by atoms with Crippen LogP contribution >= 0.6 is 0 Å². The van der Waals surface area contributed by atoms with Crippen LogP contribution in [-0.4, -0.2) is 27.0 Å². The minimum absolute atomic E-state index is 0.179. The van der Waals surface area contributed by atoms with Crippen molar-refractivity contribution in [3.63, 3.8) is 0 Å². The number of carboxylic acid groups (broad SMARTS) is 1. The smallest absolute Gasteiger partial charge is 0.335 e. The standard InChI is InChI=1S/C26H19N3O5/c30-24-19(9-15-1-4-17(5-2-15)26(32)33)13-27-21-7-6-18(11-20(21)24)25(31)28-12-16-3-8-23-22(10-16)29-14-34-23/h1-8,10-11,13-14H,9,12H2,(H,27,30)(H,28,31)(H,32,33). The molecule has 5 rings (SSSR count). The van der Waals surface area contributed by atoms with Crippen LogP contribution in [0, 0.1) is 0 Å². The molecule has 8 heteroatoms. The van der Waals surface area contributed by atoms with Crippen molar-refractivity contribution >= 4 is 33.9 Å². The summed E-state index contributed by atoms with van der Waals surface area (Å²) in [7, 11) is 0. The summed E-state index contributed by atoms with van der Waals surface area (Å²) in [5, 5.41) is 12.3. The van der Waals surface area contributed by atoms with Gasteiger partial charge in [-0.3, -0.25) is 9.59 Å². The molecule has 0 aliphatic heterocycles. The van der Waals surface area contributed by atoms with E-state index >= 15 is 0 Å². The maximum absolute atomic E-state index is 13.1. The second-order valence-electron chi connectivity index (χ2n) is 7.92. The molecule has 2 aromatic heterocycles. The van der Waals surface area contributed by atoms with Gasteiger partial charge in [-0.1, -0.05) is 18.2 Å². The first-order chi connectivity index (χ1) is 16.5. The van der Waals surface area contributed by atoms with Crippen molar-refractivity contribution in [3.8, 4) is 0 Å². The third-order valence-corrected chi connectivity index (χ3v) is 5.66. The Morgan fingerprint density at radius 3 is 2.53 bits per heavy atom. The number of pyridine rings is 1. The van der Waals surface area contributed by atoms with Crippen LogP contribution in [0.15, 0.2) is 82.5 Å². The zero-order valence-corrected chi connectivity index (χ0v) is 17.9. The van der Waals surface area contributed by atoms with Gasteiger partial charge in [0.15, 0.2) is 17.4 Å². The summed E-state index contributed by atoms with van der Waals surface area (Å²) < 4.78 is 5.23. The zero-order valence-electron chi connectivity index (χ0n) is 17.9. The Kier molecular flexibility index (Phi) is 5.39. The van der Waals surface area contributed by atoms with Crippen molar-refractivity contribution in [2.24, 2.45) is 0 Å². The summed E-state index contributed by atoms with van der Waals surface area (Å²) in [5.74, 6) is -1.30. The first kappa shape index (κ1) is 21.1. The van der Waals surface area contributed by atoms with E-state index in [1.165, 1.54) is 18.5 Å². The largest absolute Gasteiger partial charge is 0.478 e. The van der Waals surface area contributed by atoms with Crippen LogP contribution in [0.25, 0.3) is 22.0 Å². The fourth-order valence-corrected chi connectivity index (χ4v) is 3.82. The molecule has 0 unspecified atom stereocenters. The third-order valence-electron chi connectivity index (χ3n) is 5.66. The molecule has 0 bridgehead atoms. The fraction of sp³-hybridized carbons (Fsp3) is 0.0769. The number of H-pyrrole nitrogens is 1. The van der Waals surface area contributed by atoms with Crippen LogP contribution in [0.2, 0.25) is 0 Å². The maximum Gasteiger partial charge on any atom is 0.335 e. The van der Waals surface area contributed by atoms with E-state index in [-0.39, 0.29) is 16.9 Å². The van der Waals surface area contributed by atoms with E-state index in [9.17, 15) is 14.4 Å². The fourth-order valence-electron chi connectivity index (χ4n) is 3.82. The topological polar surface area (TPSA) is 125 Å². The molecule has 1 amide bonds. The van der Waals surface area contributed by atoms with E-state index in [1.807, 2.05) is 12.1 Å². The van der Waals surface area contributed by atoms with E-state index in [1.54, 1.807) is 42.6 Å². The van der Waals surface area contributed by atoms with Crippen LogP contribution in [0.4, 0.5) is 0 Å². The van der Waals surface area contributed by atoms with Gasteiger partial charge in [0.2, 0.25) is 0 Å². The predicted octanol–water partition coefficient (Wildman–Crippen LogP) is 3.89. The Balaban J connectivity index is 1.36. The second-order valence-corrected chi connectivity index (χ2v) is 7.92. The van der Waals surface area contributed by atoms with Gasteiger partial charge in [-0.05, 0) is 53.6 Å². The number of amides is 1. The highest BCUT2D eigenvalue weighted by Crippen LogP contribution is 2.16. The maximum atomic E-state index is 13.1. The van der Waals surface area contributed by atoms with Gasteiger partial charge < -0.3 is 19.8 Å². The molecule has 2 heterocycles. The average Bonchev–Trinajstić information content (AvgIpc) is 3.32. The lowest BCUT2D eigenvalue weighted by Gasteiger charge is -2.08. The van der Waals surface area contributed by atoms with E-state index < -0.39 is 5.97 Å². The minimum atomic E-state index is -1.00. The van der Waals surface area contributed by atoms with Crippen molar-refractivity contribution in [1.29, 1.82) is 0 Å². The molecule has 0 aliphatic rings. The minimum Gasteiger partial charge on any atom is -0.478 e. The molecule has 3 aromatic carbocycles. The van der Waals surface area contributed by atoms with Crippen LogP contribution in [0.5, 0.6) is 0 Å². The van der Waals surface area contributed by atoms with E-state index in [0.29, 0.717) is 46.1 Å². The normalized spacial score (nSPS) is 11.1. The summed E-state index contributed by atoms with van der Waals surface area (Å²) in [6.45, 7) is 0.308. The van der Waals surface area contributed by atoms with Crippen LogP contribution in [0.1, 0.15) is 37.4 Å². The summed E-state index contributed by atoms with van der Waals surface area (Å²) in [6, 6.07) is 16.9. The van der Waals surface area contributed by atoms with Gasteiger partial charge in [-0.25, -0.2) is 9.78 Å². The molecule has 0 aliphatic carbocycles. The van der Waals surface area contributed by atoms with Crippen LogP contribution in [0.3, 0.4) is 0 Å². The number of aromatic carboxylic acids is 1. The molecule has 8 nitrogen and oxygen atoms in total. The summed E-state index contributed by atoms with van der Waals surface area (Å²) in [6.07, 6.45) is 3.36. The number of carbonyl (C=O) groups excluding carboxylic acids is 1. The number of hydrogen-bond acceptors (Lipinski definition) is 5. The van der Waals surface area contributed by atoms with Gasteiger partial charge in [0.05, 0.1) is 5.56 Å². The molecule has 3 N–H and O–H groups in total. The molecule has 0 radical (unpaired) electrons. The molecular formula is C26H19N3O5. The number of nitrogens with one attached hydrogen (secondary N) is 2. The van der Waals surface area contributed by atoms with E-state index in [2.05, 4.69) is 15.3 Å². The molecule has 0 saturated heterocycles. The molecule has 5 aromatic rings. The van der Waals surface area contributed by atoms with Gasteiger partial charge in [0.1, 0.15) is 5.52 Å². The molecule has 34 heavy (non-hydrogen) atoms. The number of aromatic nitrogens is 2. The van der Waals surface area contributed by atoms with Crippen LogP contribution in [-0.2, 0) is 13.0 Å². The van der Waals surface area contributed by atoms with E-state index in [0.717, 1.165) is 11.1 Å². The Morgan fingerprint density at radius 2 is 1.74 bits per heavy atom. The number of carboxylic acids is 1. The number of oxazole rings is 1. The number of nitrogens with zero attached hydrogens (tertiary/aromatic N) is 1. The average molecular weight is 453 g/mol. The number of carbonyl (C=O) groups is 2. The molecule has 0 spiro atoms. The Hall–Kier alpha value is -4.72. The lowest BCUT2D eigenvalue weighted by molar-refractivity contribution is 0.0696. The molecule has 0 atom stereocenters. The molecule has 168 valence electrons. The number of benzene rings is 3. The monoisotopic (exact) mass is 453 g/mol.